The Labute approximate surface area is 151 Å². The summed E-state index contributed by atoms with van der Waals surface area (Å²) in [5.74, 6) is 0.824. The molecule has 2 aromatic carbocycles. The molecule has 1 aromatic heterocycles. The van der Waals surface area contributed by atoms with Gasteiger partial charge in [0.1, 0.15) is 11.6 Å². The highest BCUT2D eigenvalue weighted by Gasteiger charge is 2.33. The van der Waals surface area contributed by atoms with Gasteiger partial charge in [0.15, 0.2) is 0 Å². The maximum absolute atomic E-state index is 13.1. The van der Waals surface area contributed by atoms with Crippen molar-refractivity contribution in [1.29, 1.82) is 0 Å². The summed E-state index contributed by atoms with van der Waals surface area (Å²) >= 11 is 0. The number of likely N-dealkylation sites (tertiary alicyclic amines) is 1. The van der Waals surface area contributed by atoms with Crippen LogP contribution in [-0.4, -0.2) is 26.9 Å². The summed E-state index contributed by atoms with van der Waals surface area (Å²) in [5.41, 5.74) is 2.93. The molecular weight excluding hydrogens is 329 g/mol. The van der Waals surface area contributed by atoms with Crippen LogP contribution in [0.2, 0.25) is 0 Å². The van der Waals surface area contributed by atoms with Crippen LogP contribution in [0.15, 0.2) is 61.2 Å². The number of nitrogens with zero attached hydrogens (tertiary/aromatic N) is 3. The number of para-hydroxylation sites is 2. The summed E-state index contributed by atoms with van der Waals surface area (Å²) in [6.07, 6.45) is 2.30. The van der Waals surface area contributed by atoms with E-state index in [1.54, 1.807) is 12.1 Å². The predicted molar refractivity (Wildman–Crippen MR) is 99.1 cm³/mol. The smallest absolute Gasteiger partial charge is 0.223 e. The minimum atomic E-state index is -0.266. The van der Waals surface area contributed by atoms with Crippen LogP contribution in [0.4, 0.5) is 4.39 Å². The zero-order chi connectivity index (χ0) is 18.1. The van der Waals surface area contributed by atoms with E-state index in [0.29, 0.717) is 26.1 Å². The summed E-state index contributed by atoms with van der Waals surface area (Å²) in [6, 6.07) is 14.3. The lowest BCUT2D eigenvalue weighted by molar-refractivity contribution is -0.128. The molecule has 0 N–H and O–H groups in total. The lowest BCUT2D eigenvalue weighted by atomic mass is 10.1. The molecular formula is C21H20FN3O. The number of hydrogen-bond donors (Lipinski definition) is 0. The molecule has 2 heterocycles. The van der Waals surface area contributed by atoms with Gasteiger partial charge >= 0.3 is 0 Å². The second kappa shape index (κ2) is 6.75. The normalized spacial score (nSPS) is 17.2. The van der Waals surface area contributed by atoms with Gasteiger partial charge in [0.25, 0.3) is 0 Å². The standard InChI is InChI=1S/C21H20FN3O/c1-2-11-25-19-6-4-3-5-18(19)23-21(25)16-12-20(26)24(14-16)13-15-7-9-17(22)10-8-15/h2-10,16H,1,11-14H2. The van der Waals surface area contributed by atoms with Gasteiger partial charge in [0.2, 0.25) is 5.91 Å². The van der Waals surface area contributed by atoms with E-state index in [0.717, 1.165) is 22.4 Å². The molecule has 4 nitrogen and oxygen atoms in total. The number of benzene rings is 2. The van der Waals surface area contributed by atoms with Gasteiger partial charge < -0.3 is 9.47 Å². The number of carbonyl (C=O) groups excluding carboxylic acids is 1. The number of allylic oxidation sites excluding steroid dienone is 1. The Hall–Kier alpha value is -2.95. The SMILES string of the molecule is C=CCn1c(C2CC(=O)N(Cc3ccc(F)cc3)C2)nc2ccccc21. The van der Waals surface area contributed by atoms with E-state index < -0.39 is 0 Å². The third-order valence-corrected chi connectivity index (χ3v) is 4.86. The maximum Gasteiger partial charge on any atom is 0.223 e. The number of imidazole rings is 1. The van der Waals surface area contributed by atoms with Crippen LogP contribution in [0.3, 0.4) is 0 Å². The van der Waals surface area contributed by atoms with Crippen molar-refractivity contribution in [2.75, 3.05) is 6.54 Å². The number of fused-ring (bicyclic) bond motifs is 1. The topological polar surface area (TPSA) is 38.1 Å². The Morgan fingerprint density at radius 2 is 1.96 bits per heavy atom. The van der Waals surface area contributed by atoms with Gasteiger partial charge in [-0.15, -0.1) is 6.58 Å². The average Bonchev–Trinajstić information content (AvgIpc) is 3.19. The van der Waals surface area contributed by atoms with Crippen molar-refractivity contribution < 1.29 is 9.18 Å². The number of rotatable bonds is 5. The Kier molecular flexibility index (Phi) is 4.29. The zero-order valence-corrected chi connectivity index (χ0v) is 14.4. The van der Waals surface area contributed by atoms with Gasteiger partial charge in [-0.2, -0.15) is 0 Å². The first-order chi connectivity index (χ1) is 12.7. The Bertz CT molecular complexity index is 961. The third kappa shape index (κ3) is 3.01. The summed E-state index contributed by atoms with van der Waals surface area (Å²) in [4.78, 5) is 19.1. The summed E-state index contributed by atoms with van der Waals surface area (Å²) in [5, 5.41) is 0. The molecule has 0 aliphatic carbocycles. The van der Waals surface area contributed by atoms with Crippen LogP contribution in [0, 0.1) is 5.82 Å². The molecule has 132 valence electrons. The number of amides is 1. The van der Waals surface area contributed by atoms with E-state index in [4.69, 9.17) is 4.98 Å². The molecule has 0 radical (unpaired) electrons. The summed E-state index contributed by atoms with van der Waals surface area (Å²) in [7, 11) is 0. The van der Waals surface area contributed by atoms with E-state index in [1.807, 2.05) is 35.2 Å². The fraction of sp³-hybridized carbons (Fsp3) is 0.238. The second-order valence-corrected chi connectivity index (χ2v) is 6.66. The molecule has 4 rings (SSSR count). The van der Waals surface area contributed by atoms with Gasteiger partial charge in [0, 0.05) is 32.0 Å². The van der Waals surface area contributed by atoms with Crippen molar-refractivity contribution >= 4 is 16.9 Å². The zero-order valence-electron chi connectivity index (χ0n) is 14.4. The molecule has 1 amide bonds. The number of halogens is 1. The molecule has 0 bridgehead atoms. The molecule has 1 saturated heterocycles. The molecule has 1 fully saturated rings. The first-order valence-electron chi connectivity index (χ1n) is 8.74. The third-order valence-electron chi connectivity index (χ3n) is 4.86. The van der Waals surface area contributed by atoms with Crippen LogP contribution in [-0.2, 0) is 17.9 Å². The van der Waals surface area contributed by atoms with Gasteiger partial charge in [-0.05, 0) is 29.8 Å². The van der Waals surface area contributed by atoms with Crippen molar-refractivity contribution in [2.45, 2.75) is 25.4 Å². The minimum Gasteiger partial charge on any atom is -0.338 e. The number of aromatic nitrogens is 2. The van der Waals surface area contributed by atoms with Crippen molar-refractivity contribution in [1.82, 2.24) is 14.5 Å². The van der Waals surface area contributed by atoms with E-state index in [1.165, 1.54) is 12.1 Å². The Morgan fingerprint density at radius 1 is 1.19 bits per heavy atom. The maximum atomic E-state index is 13.1. The average molecular weight is 349 g/mol. The molecule has 3 aromatic rings. The summed E-state index contributed by atoms with van der Waals surface area (Å²) < 4.78 is 15.2. The highest BCUT2D eigenvalue weighted by Crippen LogP contribution is 2.31. The highest BCUT2D eigenvalue weighted by atomic mass is 19.1. The number of carbonyl (C=O) groups is 1. The Balaban J connectivity index is 1.60. The van der Waals surface area contributed by atoms with Crippen LogP contribution in [0.5, 0.6) is 0 Å². The monoisotopic (exact) mass is 349 g/mol. The minimum absolute atomic E-state index is 0.0512. The molecule has 1 atom stereocenters. The van der Waals surface area contributed by atoms with Crippen LogP contribution < -0.4 is 0 Å². The lowest BCUT2D eigenvalue weighted by Gasteiger charge is -2.17. The van der Waals surface area contributed by atoms with Crippen LogP contribution >= 0.6 is 0 Å². The first-order valence-corrected chi connectivity index (χ1v) is 8.74. The Morgan fingerprint density at radius 3 is 2.73 bits per heavy atom. The molecule has 5 heteroatoms. The van der Waals surface area contributed by atoms with Gasteiger partial charge in [-0.3, -0.25) is 4.79 Å². The van der Waals surface area contributed by atoms with Crippen LogP contribution in [0.1, 0.15) is 23.7 Å². The largest absolute Gasteiger partial charge is 0.338 e. The van der Waals surface area contributed by atoms with E-state index in [9.17, 15) is 9.18 Å². The summed E-state index contributed by atoms with van der Waals surface area (Å²) in [6.45, 7) is 5.63. The van der Waals surface area contributed by atoms with E-state index >= 15 is 0 Å². The predicted octanol–water partition coefficient (Wildman–Crippen LogP) is 3.88. The van der Waals surface area contributed by atoms with E-state index in [-0.39, 0.29) is 17.6 Å². The molecule has 0 spiro atoms. The first kappa shape index (κ1) is 16.5. The highest BCUT2D eigenvalue weighted by molar-refractivity contribution is 5.81. The van der Waals surface area contributed by atoms with Crippen molar-refractivity contribution in [3.8, 4) is 0 Å². The molecule has 1 unspecified atom stereocenters. The number of hydrogen-bond acceptors (Lipinski definition) is 2. The molecule has 1 aliphatic rings. The quantitative estimate of drug-likeness (QED) is 0.656. The fourth-order valence-electron chi connectivity index (χ4n) is 3.63. The van der Waals surface area contributed by atoms with E-state index in [2.05, 4.69) is 11.1 Å². The van der Waals surface area contributed by atoms with Crippen LogP contribution in [0.25, 0.3) is 11.0 Å². The fourth-order valence-corrected chi connectivity index (χ4v) is 3.63. The van der Waals surface area contributed by atoms with Crippen molar-refractivity contribution in [2.24, 2.45) is 0 Å². The van der Waals surface area contributed by atoms with Gasteiger partial charge in [-0.1, -0.05) is 30.3 Å². The lowest BCUT2D eigenvalue weighted by Crippen LogP contribution is -2.24. The van der Waals surface area contributed by atoms with Gasteiger partial charge in [-0.25, -0.2) is 9.37 Å². The molecule has 0 saturated carbocycles. The second-order valence-electron chi connectivity index (χ2n) is 6.66. The van der Waals surface area contributed by atoms with Gasteiger partial charge in [0.05, 0.1) is 11.0 Å². The van der Waals surface area contributed by atoms with Crippen molar-refractivity contribution in [3.63, 3.8) is 0 Å². The van der Waals surface area contributed by atoms with Crippen molar-refractivity contribution in [3.05, 3.63) is 78.4 Å². The molecule has 26 heavy (non-hydrogen) atoms. The molecule has 1 aliphatic heterocycles.